The molecule has 0 bridgehead atoms. The summed E-state index contributed by atoms with van der Waals surface area (Å²) in [6.45, 7) is 6.65. The zero-order valence-corrected chi connectivity index (χ0v) is 14.4. The maximum atomic E-state index is 5.06. The van der Waals surface area contributed by atoms with E-state index in [0.29, 0.717) is 12.5 Å². The van der Waals surface area contributed by atoms with E-state index in [1.807, 2.05) is 10.9 Å². The van der Waals surface area contributed by atoms with Gasteiger partial charge in [-0.1, -0.05) is 35.8 Å². The highest BCUT2D eigenvalue weighted by atomic mass is 79.9. The van der Waals surface area contributed by atoms with Gasteiger partial charge in [0, 0.05) is 30.9 Å². The third kappa shape index (κ3) is 4.40. The van der Waals surface area contributed by atoms with E-state index in [2.05, 4.69) is 64.5 Å². The van der Waals surface area contributed by atoms with Gasteiger partial charge in [-0.2, -0.15) is 5.10 Å². The summed E-state index contributed by atoms with van der Waals surface area (Å²) in [6, 6.07) is 8.36. The molecule has 0 saturated carbocycles. The normalized spacial score (nSPS) is 11.3. The Bertz CT molecular complexity index is 581. The standard InChI is InChI=1S/C16H22BrN3O/c1-12(2)15-6-8-20(19-15)16-10-14(17)5-4-13(16)11-18-7-9-21-3/h4-6,8,10,12,18H,7,9,11H2,1-3H3. The first kappa shape index (κ1) is 16.2. The monoisotopic (exact) mass is 351 g/mol. The van der Waals surface area contributed by atoms with E-state index in [1.54, 1.807) is 7.11 Å². The van der Waals surface area contributed by atoms with Gasteiger partial charge in [-0.25, -0.2) is 4.68 Å². The lowest BCUT2D eigenvalue weighted by atomic mass is 10.1. The summed E-state index contributed by atoms with van der Waals surface area (Å²) in [4.78, 5) is 0. The molecule has 0 aliphatic carbocycles. The molecule has 1 N–H and O–H groups in total. The highest BCUT2D eigenvalue weighted by molar-refractivity contribution is 9.10. The highest BCUT2D eigenvalue weighted by Gasteiger charge is 2.09. The van der Waals surface area contributed by atoms with Crippen LogP contribution in [0.2, 0.25) is 0 Å². The maximum absolute atomic E-state index is 5.06. The number of hydrogen-bond donors (Lipinski definition) is 1. The van der Waals surface area contributed by atoms with E-state index < -0.39 is 0 Å². The second-order valence-electron chi connectivity index (χ2n) is 5.28. The topological polar surface area (TPSA) is 39.1 Å². The number of ether oxygens (including phenoxy) is 1. The van der Waals surface area contributed by atoms with Crippen molar-refractivity contribution in [3.05, 3.63) is 46.2 Å². The van der Waals surface area contributed by atoms with Crippen LogP contribution in [0.5, 0.6) is 0 Å². The largest absolute Gasteiger partial charge is 0.383 e. The van der Waals surface area contributed by atoms with Crippen molar-refractivity contribution in [1.82, 2.24) is 15.1 Å². The van der Waals surface area contributed by atoms with Crippen LogP contribution >= 0.6 is 15.9 Å². The molecule has 21 heavy (non-hydrogen) atoms. The third-order valence-electron chi connectivity index (χ3n) is 3.29. The fraction of sp³-hybridized carbons (Fsp3) is 0.438. The SMILES string of the molecule is COCCNCc1ccc(Br)cc1-n1ccc(C(C)C)n1. The number of nitrogens with zero attached hydrogens (tertiary/aromatic N) is 2. The number of methoxy groups -OCH3 is 1. The van der Waals surface area contributed by atoms with Gasteiger partial charge in [-0.05, 0) is 29.7 Å². The Morgan fingerprint density at radius 2 is 2.14 bits per heavy atom. The van der Waals surface area contributed by atoms with Crippen molar-refractivity contribution < 1.29 is 4.74 Å². The number of aromatic nitrogens is 2. The van der Waals surface area contributed by atoms with E-state index >= 15 is 0 Å². The number of benzene rings is 1. The minimum Gasteiger partial charge on any atom is -0.383 e. The first-order chi connectivity index (χ1) is 10.1. The summed E-state index contributed by atoms with van der Waals surface area (Å²) in [5.41, 5.74) is 3.42. The van der Waals surface area contributed by atoms with Gasteiger partial charge in [0.05, 0.1) is 18.0 Å². The van der Waals surface area contributed by atoms with Crippen LogP contribution in [0.1, 0.15) is 31.0 Å². The zero-order chi connectivity index (χ0) is 15.2. The van der Waals surface area contributed by atoms with Crippen molar-refractivity contribution >= 4 is 15.9 Å². The summed E-state index contributed by atoms with van der Waals surface area (Å²) >= 11 is 3.54. The van der Waals surface area contributed by atoms with E-state index in [9.17, 15) is 0 Å². The van der Waals surface area contributed by atoms with Crippen molar-refractivity contribution in [2.75, 3.05) is 20.3 Å². The van der Waals surface area contributed by atoms with Crippen molar-refractivity contribution in [3.8, 4) is 5.69 Å². The fourth-order valence-electron chi connectivity index (χ4n) is 2.08. The lowest BCUT2D eigenvalue weighted by molar-refractivity contribution is 0.199. The second kappa shape index (κ2) is 7.73. The summed E-state index contributed by atoms with van der Waals surface area (Å²) in [6.07, 6.45) is 2.02. The first-order valence-corrected chi connectivity index (χ1v) is 7.95. The summed E-state index contributed by atoms with van der Waals surface area (Å²) in [5, 5.41) is 8.05. The van der Waals surface area contributed by atoms with Gasteiger partial charge in [0.25, 0.3) is 0 Å². The molecular weight excluding hydrogens is 330 g/mol. The summed E-state index contributed by atoms with van der Waals surface area (Å²) in [5.74, 6) is 0.432. The quantitative estimate of drug-likeness (QED) is 0.776. The van der Waals surface area contributed by atoms with Gasteiger partial charge in [-0.3, -0.25) is 0 Å². The van der Waals surface area contributed by atoms with E-state index in [4.69, 9.17) is 4.74 Å². The van der Waals surface area contributed by atoms with E-state index in [-0.39, 0.29) is 0 Å². The van der Waals surface area contributed by atoms with Gasteiger partial charge in [0.1, 0.15) is 0 Å². The number of hydrogen-bond acceptors (Lipinski definition) is 3. The molecule has 2 aromatic rings. The van der Waals surface area contributed by atoms with Crippen LogP contribution in [0.25, 0.3) is 5.69 Å². The average molecular weight is 352 g/mol. The number of halogens is 1. The molecule has 0 aliphatic rings. The molecule has 0 aliphatic heterocycles. The van der Waals surface area contributed by atoms with Gasteiger partial charge in [0.15, 0.2) is 0 Å². The molecular formula is C16H22BrN3O. The van der Waals surface area contributed by atoms with Gasteiger partial charge in [0.2, 0.25) is 0 Å². The van der Waals surface area contributed by atoms with Crippen molar-refractivity contribution in [1.29, 1.82) is 0 Å². The van der Waals surface area contributed by atoms with Crippen LogP contribution < -0.4 is 5.32 Å². The molecule has 0 fully saturated rings. The van der Waals surface area contributed by atoms with E-state index in [1.165, 1.54) is 5.56 Å². The molecule has 0 amide bonds. The van der Waals surface area contributed by atoms with Crippen LogP contribution in [-0.4, -0.2) is 30.0 Å². The Morgan fingerprint density at radius 1 is 1.33 bits per heavy atom. The van der Waals surface area contributed by atoms with Crippen LogP contribution in [0.4, 0.5) is 0 Å². The van der Waals surface area contributed by atoms with Crippen molar-refractivity contribution in [3.63, 3.8) is 0 Å². The molecule has 4 nitrogen and oxygen atoms in total. The summed E-state index contributed by atoms with van der Waals surface area (Å²) < 4.78 is 8.06. The van der Waals surface area contributed by atoms with Crippen LogP contribution in [0.3, 0.4) is 0 Å². The average Bonchev–Trinajstić information content (AvgIpc) is 2.94. The molecule has 0 radical (unpaired) electrons. The van der Waals surface area contributed by atoms with Crippen molar-refractivity contribution in [2.45, 2.75) is 26.3 Å². The Hall–Kier alpha value is -1.17. The predicted molar refractivity (Wildman–Crippen MR) is 88.9 cm³/mol. The fourth-order valence-corrected chi connectivity index (χ4v) is 2.43. The van der Waals surface area contributed by atoms with Gasteiger partial charge >= 0.3 is 0 Å². The Morgan fingerprint density at radius 3 is 2.81 bits per heavy atom. The molecule has 114 valence electrons. The molecule has 5 heteroatoms. The Balaban J connectivity index is 2.21. The molecule has 0 atom stereocenters. The van der Waals surface area contributed by atoms with Gasteiger partial charge in [-0.15, -0.1) is 0 Å². The minimum absolute atomic E-state index is 0.432. The van der Waals surface area contributed by atoms with E-state index in [0.717, 1.165) is 28.9 Å². The summed E-state index contributed by atoms with van der Waals surface area (Å²) in [7, 11) is 1.71. The molecule has 0 saturated heterocycles. The molecule has 1 aromatic carbocycles. The molecule has 1 heterocycles. The Labute approximate surface area is 134 Å². The first-order valence-electron chi connectivity index (χ1n) is 7.16. The Kier molecular flexibility index (Phi) is 5.96. The van der Waals surface area contributed by atoms with Crippen molar-refractivity contribution in [2.24, 2.45) is 0 Å². The number of rotatable bonds is 7. The number of nitrogens with one attached hydrogen (secondary N) is 1. The van der Waals surface area contributed by atoms with Crippen LogP contribution in [0, 0.1) is 0 Å². The third-order valence-corrected chi connectivity index (χ3v) is 3.79. The molecule has 1 aromatic heterocycles. The molecule has 2 rings (SSSR count). The molecule has 0 spiro atoms. The smallest absolute Gasteiger partial charge is 0.0701 e. The molecule has 0 unspecified atom stereocenters. The zero-order valence-electron chi connectivity index (χ0n) is 12.8. The van der Waals surface area contributed by atoms with Gasteiger partial charge < -0.3 is 10.1 Å². The highest BCUT2D eigenvalue weighted by Crippen LogP contribution is 2.21. The maximum Gasteiger partial charge on any atom is 0.0701 e. The van der Waals surface area contributed by atoms with Crippen LogP contribution in [-0.2, 0) is 11.3 Å². The predicted octanol–water partition coefficient (Wildman–Crippen LogP) is 3.49. The van der Waals surface area contributed by atoms with Crippen LogP contribution in [0.15, 0.2) is 34.9 Å². The lowest BCUT2D eigenvalue weighted by Gasteiger charge is -2.11. The second-order valence-corrected chi connectivity index (χ2v) is 6.20. The lowest BCUT2D eigenvalue weighted by Crippen LogP contribution is -2.19. The minimum atomic E-state index is 0.432.